The maximum absolute atomic E-state index is 13.1. The van der Waals surface area contributed by atoms with Crippen LogP contribution in [0.25, 0.3) is 11.5 Å². The molecule has 0 aliphatic carbocycles. The molecule has 0 radical (unpaired) electrons. The van der Waals surface area contributed by atoms with Crippen LogP contribution >= 0.6 is 23.2 Å². The molecule has 2 aromatic carbocycles. The smallest absolute Gasteiger partial charge is 0.165 e. The van der Waals surface area contributed by atoms with E-state index in [2.05, 4.69) is 20.3 Å². The van der Waals surface area contributed by atoms with Gasteiger partial charge >= 0.3 is 0 Å². The van der Waals surface area contributed by atoms with E-state index in [-0.39, 0.29) is 5.82 Å². The van der Waals surface area contributed by atoms with Crippen LogP contribution in [0.15, 0.2) is 55.1 Å². The lowest BCUT2D eigenvalue weighted by atomic mass is 10.2. The van der Waals surface area contributed by atoms with Crippen molar-refractivity contribution in [2.45, 2.75) is 6.54 Å². The Morgan fingerprint density at radius 3 is 2.42 bits per heavy atom. The number of hydrogen-bond acceptors (Lipinski definition) is 4. The van der Waals surface area contributed by atoms with Gasteiger partial charge < -0.3 is 9.88 Å². The van der Waals surface area contributed by atoms with Crippen LogP contribution < -0.4 is 5.32 Å². The normalized spacial score (nSPS) is 11.0. The maximum Gasteiger partial charge on any atom is 0.165 e. The van der Waals surface area contributed by atoms with E-state index < -0.39 is 0 Å². The molecule has 2 aliphatic heterocycles. The predicted molar refractivity (Wildman–Crippen MR) is 99.7 cm³/mol. The third-order valence-electron chi connectivity index (χ3n) is 3.90. The molecule has 0 unspecified atom stereocenters. The second-order valence-corrected chi connectivity index (χ2v) is 6.41. The number of fused-ring (bicyclic) bond motifs is 1. The molecule has 2 aliphatic rings. The lowest BCUT2D eigenvalue weighted by Crippen LogP contribution is -2.10. The number of nitrogens with one attached hydrogen (secondary N) is 1. The highest BCUT2D eigenvalue weighted by Crippen LogP contribution is 2.30. The Morgan fingerprint density at radius 1 is 0.962 bits per heavy atom. The van der Waals surface area contributed by atoms with Crippen LogP contribution in [0.3, 0.4) is 0 Å². The van der Waals surface area contributed by atoms with E-state index in [0.717, 1.165) is 5.56 Å². The molecule has 2 aromatic rings. The SMILES string of the molecule is Fc1ccc(Nc2ncn(Cc3c(Cl)cccc3Cl)c3ncnc2-3)cc1. The van der Waals surface area contributed by atoms with E-state index in [1.165, 1.54) is 18.5 Å². The van der Waals surface area contributed by atoms with Crippen LogP contribution in [0.1, 0.15) is 5.56 Å². The number of anilines is 2. The Balaban J connectivity index is 1.68. The lowest BCUT2D eigenvalue weighted by molar-refractivity contribution is 0.628. The average Bonchev–Trinajstić information content (AvgIpc) is 3.12. The zero-order valence-corrected chi connectivity index (χ0v) is 14.8. The van der Waals surface area contributed by atoms with Gasteiger partial charge in [0.15, 0.2) is 17.3 Å². The largest absolute Gasteiger partial charge is 0.338 e. The summed E-state index contributed by atoms with van der Waals surface area (Å²) in [6, 6.07) is 11.4. The van der Waals surface area contributed by atoms with E-state index in [0.29, 0.717) is 39.6 Å². The summed E-state index contributed by atoms with van der Waals surface area (Å²) in [5.41, 5.74) is 2.08. The van der Waals surface area contributed by atoms with Crippen molar-refractivity contribution < 1.29 is 4.39 Å². The molecule has 5 nitrogen and oxygen atoms in total. The second-order valence-electron chi connectivity index (χ2n) is 5.60. The third-order valence-corrected chi connectivity index (χ3v) is 4.61. The van der Waals surface area contributed by atoms with Gasteiger partial charge in [0.05, 0.1) is 12.9 Å². The van der Waals surface area contributed by atoms with Crippen molar-refractivity contribution in [1.29, 1.82) is 0 Å². The van der Waals surface area contributed by atoms with Crippen LogP contribution in [0.2, 0.25) is 10.0 Å². The van der Waals surface area contributed by atoms with Crippen LogP contribution in [0, 0.1) is 5.82 Å². The van der Waals surface area contributed by atoms with Gasteiger partial charge in [-0.3, -0.25) is 0 Å². The number of imidazole rings is 1. The highest BCUT2D eigenvalue weighted by Gasteiger charge is 2.18. The Morgan fingerprint density at radius 2 is 1.69 bits per heavy atom. The molecule has 8 heteroatoms. The topological polar surface area (TPSA) is 55.6 Å². The standard InChI is InChI=1S/C18H12Cl2FN5/c19-14-2-1-3-15(20)13(14)8-26-10-24-17(16-18(26)23-9-22-16)25-12-6-4-11(21)5-7-12/h1-7,9-10,25H,8H2. The number of nitrogens with zero attached hydrogens (tertiary/aromatic N) is 4. The first-order chi connectivity index (χ1) is 12.6. The molecule has 0 saturated heterocycles. The fourth-order valence-corrected chi connectivity index (χ4v) is 3.13. The minimum absolute atomic E-state index is 0.302. The summed E-state index contributed by atoms with van der Waals surface area (Å²) in [7, 11) is 0. The van der Waals surface area contributed by atoms with Crippen molar-refractivity contribution in [2.75, 3.05) is 5.32 Å². The van der Waals surface area contributed by atoms with Gasteiger partial charge in [-0.25, -0.2) is 19.3 Å². The number of benzene rings is 2. The second kappa shape index (κ2) is 6.90. The first-order valence-electron chi connectivity index (χ1n) is 7.73. The molecule has 0 saturated carbocycles. The van der Waals surface area contributed by atoms with Gasteiger partial charge in [-0.2, -0.15) is 0 Å². The molecule has 0 spiro atoms. The van der Waals surface area contributed by atoms with Crippen LogP contribution in [-0.2, 0) is 6.54 Å². The molecular formula is C18H12Cl2FN5. The number of hydrogen-bond donors (Lipinski definition) is 1. The molecule has 0 amide bonds. The summed E-state index contributed by atoms with van der Waals surface area (Å²) >= 11 is 12.5. The van der Waals surface area contributed by atoms with Gasteiger partial charge in [0.2, 0.25) is 0 Å². The zero-order chi connectivity index (χ0) is 18.1. The molecule has 0 bridgehead atoms. The Hall–Kier alpha value is -2.70. The van der Waals surface area contributed by atoms with Gasteiger partial charge in [-0.15, -0.1) is 0 Å². The van der Waals surface area contributed by atoms with Gasteiger partial charge in [-0.1, -0.05) is 29.3 Å². The Kier molecular flexibility index (Phi) is 4.44. The van der Waals surface area contributed by atoms with Crippen LogP contribution in [-0.4, -0.2) is 19.5 Å². The van der Waals surface area contributed by atoms with E-state index in [4.69, 9.17) is 23.2 Å². The molecule has 0 atom stereocenters. The van der Waals surface area contributed by atoms with Crippen molar-refractivity contribution in [3.05, 3.63) is 76.5 Å². The number of halogens is 3. The summed E-state index contributed by atoms with van der Waals surface area (Å²) in [5.74, 6) is 0.871. The number of rotatable bonds is 4. The molecule has 130 valence electrons. The van der Waals surface area contributed by atoms with E-state index >= 15 is 0 Å². The first-order valence-corrected chi connectivity index (χ1v) is 8.49. The summed E-state index contributed by atoms with van der Waals surface area (Å²) < 4.78 is 14.9. The summed E-state index contributed by atoms with van der Waals surface area (Å²) in [6.07, 6.45) is 3.11. The van der Waals surface area contributed by atoms with Gasteiger partial charge in [0, 0.05) is 21.3 Å². The Labute approximate surface area is 158 Å². The minimum atomic E-state index is -0.302. The van der Waals surface area contributed by atoms with Crippen LogP contribution in [0.4, 0.5) is 15.9 Å². The predicted octanol–water partition coefficient (Wildman–Crippen LogP) is 5.02. The molecule has 0 fully saturated rings. The van der Waals surface area contributed by atoms with Gasteiger partial charge in [0.25, 0.3) is 0 Å². The lowest BCUT2D eigenvalue weighted by Gasteiger charge is -2.15. The third kappa shape index (κ3) is 3.21. The first kappa shape index (κ1) is 16.8. The number of aromatic nitrogens is 4. The highest BCUT2D eigenvalue weighted by atomic mass is 35.5. The molecule has 1 N–H and O–H groups in total. The Bertz CT molecular complexity index is 1010. The average molecular weight is 388 g/mol. The van der Waals surface area contributed by atoms with E-state index in [9.17, 15) is 4.39 Å². The van der Waals surface area contributed by atoms with Crippen LogP contribution in [0.5, 0.6) is 0 Å². The van der Waals surface area contributed by atoms with Crippen molar-refractivity contribution in [2.24, 2.45) is 0 Å². The fraction of sp³-hybridized carbons (Fsp3) is 0.0556. The quantitative estimate of drug-likeness (QED) is 0.534. The molecule has 0 aromatic heterocycles. The van der Waals surface area contributed by atoms with E-state index in [1.807, 2.05) is 4.57 Å². The molecular weight excluding hydrogens is 376 g/mol. The van der Waals surface area contributed by atoms with Crippen molar-refractivity contribution >= 4 is 34.7 Å². The summed E-state index contributed by atoms with van der Waals surface area (Å²) in [4.78, 5) is 13.0. The molecule has 26 heavy (non-hydrogen) atoms. The molecule has 4 rings (SSSR count). The van der Waals surface area contributed by atoms with Gasteiger partial charge in [-0.05, 0) is 36.4 Å². The summed E-state index contributed by atoms with van der Waals surface area (Å²) in [5, 5.41) is 4.28. The van der Waals surface area contributed by atoms with E-state index in [1.54, 1.807) is 36.7 Å². The molecule has 2 heterocycles. The van der Waals surface area contributed by atoms with Gasteiger partial charge in [0.1, 0.15) is 12.1 Å². The minimum Gasteiger partial charge on any atom is -0.338 e. The highest BCUT2D eigenvalue weighted by molar-refractivity contribution is 6.35. The van der Waals surface area contributed by atoms with Crippen molar-refractivity contribution in [1.82, 2.24) is 19.5 Å². The van der Waals surface area contributed by atoms with Crippen molar-refractivity contribution in [3.8, 4) is 11.5 Å². The zero-order valence-electron chi connectivity index (χ0n) is 13.3. The monoisotopic (exact) mass is 387 g/mol. The van der Waals surface area contributed by atoms with Crippen molar-refractivity contribution in [3.63, 3.8) is 0 Å². The maximum atomic E-state index is 13.1. The fourth-order valence-electron chi connectivity index (χ4n) is 2.61. The summed E-state index contributed by atoms with van der Waals surface area (Å²) in [6.45, 7) is 0.414.